The Morgan fingerprint density at radius 3 is 2.76 bits per heavy atom. The molecule has 114 valence electrons. The maximum absolute atomic E-state index is 12.0. The van der Waals surface area contributed by atoms with E-state index >= 15 is 0 Å². The molecule has 2 aromatic heterocycles. The standard InChI is InChI=1S/C15H21N3O3/c1-5-20-15(19)14-13(8-10(2)3)18(17-16-14)9-12-7-6-11(4)21-12/h6-7,10H,5,8-9H2,1-4H3. The largest absolute Gasteiger partial charge is 0.464 e. The molecule has 0 unspecified atom stereocenters. The molecule has 2 rings (SSSR count). The van der Waals surface area contributed by atoms with Gasteiger partial charge in [0, 0.05) is 0 Å². The Hall–Kier alpha value is -2.11. The van der Waals surface area contributed by atoms with Gasteiger partial charge in [-0.1, -0.05) is 19.1 Å². The lowest BCUT2D eigenvalue weighted by Gasteiger charge is -2.09. The highest BCUT2D eigenvalue weighted by molar-refractivity contribution is 5.88. The molecule has 6 nitrogen and oxygen atoms in total. The van der Waals surface area contributed by atoms with Crippen molar-refractivity contribution in [3.63, 3.8) is 0 Å². The summed E-state index contributed by atoms with van der Waals surface area (Å²) >= 11 is 0. The van der Waals surface area contributed by atoms with E-state index in [-0.39, 0.29) is 0 Å². The maximum atomic E-state index is 12.0. The fourth-order valence-corrected chi connectivity index (χ4v) is 2.12. The number of carbonyl (C=O) groups is 1. The second-order valence-corrected chi connectivity index (χ2v) is 5.37. The Morgan fingerprint density at radius 2 is 2.19 bits per heavy atom. The van der Waals surface area contributed by atoms with Crippen molar-refractivity contribution in [2.75, 3.05) is 6.61 Å². The molecule has 2 aromatic rings. The van der Waals surface area contributed by atoms with Crippen molar-refractivity contribution in [2.24, 2.45) is 5.92 Å². The van der Waals surface area contributed by atoms with Crippen LogP contribution in [0.3, 0.4) is 0 Å². The molecule has 0 bridgehead atoms. The molecule has 0 atom stereocenters. The van der Waals surface area contributed by atoms with Crippen molar-refractivity contribution in [1.82, 2.24) is 15.0 Å². The summed E-state index contributed by atoms with van der Waals surface area (Å²) in [7, 11) is 0. The number of carbonyl (C=O) groups excluding carboxylic acids is 1. The van der Waals surface area contributed by atoms with Crippen molar-refractivity contribution in [2.45, 2.75) is 40.7 Å². The van der Waals surface area contributed by atoms with E-state index in [0.29, 0.717) is 31.2 Å². The van der Waals surface area contributed by atoms with Crippen LogP contribution in [-0.2, 0) is 17.7 Å². The molecule has 0 radical (unpaired) electrons. The van der Waals surface area contributed by atoms with E-state index in [0.717, 1.165) is 17.2 Å². The number of hydrogen-bond donors (Lipinski definition) is 0. The summed E-state index contributed by atoms with van der Waals surface area (Å²) in [6, 6.07) is 3.81. The van der Waals surface area contributed by atoms with Crippen molar-refractivity contribution >= 4 is 5.97 Å². The zero-order chi connectivity index (χ0) is 15.4. The Kier molecular flexibility index (Phi) is 4.77. The third-order valence-corrected chi connectivity index (χ3v) is 3.01. The van der Waals surface area contributed by atoms with Gasteiger partial charge in [0.05, 0.1) is 12.3 Å². The van der Waals surface area contributed by atoms with Crippen molar-refractivity contribution in [1.29, 1.82) is 0 Å². The van der Waals surface area contributed by atoms with Gasteiger partial charge in [0.1, 0.15) is 18.1 Å². The molecule has 21 heavy (non-hydrogen) atoms. The average Bonchev–Trinajstić information content (AvgIpc) is 2.97. The highest BCUT2D eigenvalue weighted by Crippen LogP contribution is 2.16. The molecule has 0 saturated carbocycles. The average molecular weight is 291 g/mol. The summed E-state index contributed by atoms with van der Waals surface area (Å²) in [5.41, 5.74) is 1.09. The summed E-state index contributed by atoms with van der Waals surface area (Å²) in [6.07, 6.45) is 0.709. The molecular formula is C15H21N3O3. The van der Waals surface area contributed by atoms with Gasteiger partial charge < -0.3 is 9.15 Å². The minimum absolute atomic E-state index is 0.300. The Bertz CT molecular complexity index is 613. The molecule has 0 aliphatic carbocycles. The number of furan rings is 1. The number of aromatic nitrogens is 3. The van der Waals surface area contributed by atoms with Gasteiger partial charge in [0.15, 0.2) is 5.69 Å². The molecular weight excluding hydrogens is 270 g/mol. The van der Waals surface area contributed by atoms with Crippen LogP contribution in [-0.4, -0.2) is 27.6 Å². The van der Waals surface area contributed by atoms with Crippen LogP contribution in [0.25, 0.3) is 0 Å². The molecule has 6 heteroatoms. The van der Waals surface area contributed by atoms with Gasteiger partial charge in [0.25, 0.3) is 0 Å². The normalized spacial score (nSPS) is 11.1. The fraction of sp³-hybridized carbons (Fsp3) is 0.533. The Balaban J connectivity index is 2.29. The number of hydrogen-bond acceptors (Lipinski definition) is 5. The summed E-state index contributed by atoms with van der Waals surface area (Å²) < 4.78 is 12.3. The summed E-state index contributed by atoms with van der Waals surface area (Å²) in [5.74, 6) is 1.60. The molecule has 0 spiro atoms. The van der Waals surface area contributed by atoms with Crippen LogP contribution in [0, 0.1) is 12.8 Å². The van der Waals surface area contributed by atoms with Crippen LogP contribution < -0.4 is 0 Å². The highest BCUT2D eigenvalue weighted by atomic mass is 16.5. The molecule has 0 aromatic carbocycles. The summed E-state index contributed by atoms with van der Waals surface area (Å²) in [5, 5.41) is 8.07. The van der Waals surface area contributed by atoms with Gasteiger partial charge in [0.2, 0.25) is 0 Å². The molecule has 0 N–H and O–H groups in total. The van der Waals surface area contributed by atoms with Gasteiger partial charge in [-0.25, -0.2) is 9.48 Å². The first-order valence-corrected chi connectivity index (χ1v) is 7.16. The number of esters is 1. The minimum Gasteiger partial charge on any atom is -0.464 e. The number of rotatable bonds is 6. The molecule has 2 heterocycles. The van der Waals surface area contributed by atoms with E-state index in [9.17, 15) is 4.79 Å². The molecule has 0 fully saturated rings. The maximum Gasteiger partial charge on any atom is 0.360 e. The van der Waals surface area contributed by atoms with Gasteiger partial charge in [-0.3, -0.25) is 0 Å². The minimum atomic E-state index is -0.421. The monoisotopic (exact) mass is 291 g/mol. The SMILES string of the molecule is CCOC(=O)c1nnn(Cc2ccc(C)o2)c1CC(C)C. The zero-order valence-electron chi connectivity index (χ0n) is 12.9. The van der Waals surface area contributed by atoms with Crippen LogP contribution >= 0.6 is 0 Å². The number of aryl methyl sites for hydroxylation is 1. The highest BCUT2D eigenvalue weighted by Gasteiger charge is 2.22. The molecule has 0 aliphatic rings. The first kappa shape index (κ1) is 15.3. The first-order valence-electron chi connectivity index (χ1n) is 7.16. The van der Waals surface area contributed by atoms with E-state index in [1.807, 2.05) is 19.1 Å². The van der Waals surface area contributed by atoms with Gasteiger partial charge in [-0.2, -0.15) is 0 Å². The van der Waals surface area contributed by atoms with E-state index in [1.54, 1.807) is 11.6 Å². The van der Waals surface area contributed by atoms with Gasteiger partial charge in [-0.05, 0) is 38.3 Å². The lowest BCUT2D eigenvalue weighted by Crippen LogP contribution is -2.13. The van der Waals surface area contributed by atoms with Gasteiger partial charge >= 0.3 is 5.97 Å². The Morgan fingerprint density at radius 1 is 1.43 bits per heavy atom. The smallest absolute Gasteiger partial charge is 0.360 e. The lowest BCUT2D eigenvalue weighted by molar-refractivity contribution is 0.0517. The molecule has 0 aliphatic heterocycles. The zero-order valence-corrected chi connectivity index (χ0v) is 12.9. The van der Waals surface area contributed by atoms with Crippen molar-refractivity contribution < 1.29 is 13.9 Å². The van der Waals surface area contributed by atoms with Crippen molar-refractivity contribution in [3.05, 3.63) is 35.0 Å². The van der Waals surface area contributed by atoms with E-state index < -0.39 is 5.97 Å². The third kappa shape index (κ3) is 3.71. The first-order chi connectivity index (χ1) is 10.0. The quantitative estimate of drug-likeness (QED) is 0.765. The van der Waals surface area contributed by atoms with Crippen LogP contribution in [0.4, 0.5) is 0 Å². The molecule has 0 amide bonds. The second-order valence-electron chi connectivity index (χ2n) is 5.37. The van der Waals surface area contributed by atoms with E-state index in [4.69, 9.17) is 9.15 Å². The topological polar surface area (TPSA) is 70.2 Å². The predicted octanol–water partition coefficient (Wildman–Crippen LogP) is 2.60. The Labute approximate surface area is 124 Å². The lowest BCUT2D eigenvalue weighted by atomic mass is 10.1. The summed E-state index contributed by atoms with van der Waals surface area (Å²) in [4.78, 5) is 12.0. The molecule has 0 saturated heterocycles. The van der Waals surface area contributed by atoms with Gasteiger partial charge in [-0.15, -0.1) is 5.10 Å². The van der Waals surface area contributed by atoms with Crippen LogP contribution in [0.15, 0.2) is 16.5 Å². The van der Waals surface area contributed by atoms with Crippen LogP contribution in [0.1, 0.15) is 48.5 Å². The third-order valence-electron chi connectivity index (χ3n) is 3.01. The van der Waals surface area contributed by atoms with E-state index in [2.05, 4.69) is 24.2 Å². The van der Waals surface area contributed by atoms with Crippen LogP contribution in [0.2, 0.25) is 0 Å². The second kappa shape index (κ2) is 6.56. The van der Waals surface area contributed by atoms with Crippen LogP contribution in [0.5, 0.6) is 0 Å². The predicted molar refractivity (Wildman–Crippen MR) is 77.1 cm³/mol. The van der Waals surface area contributed by atoms with Crippen molar-refractivity contribution in [3.8, 4) is 0 Å². The summed E-state index contributed by atoms with van der Waals surface area (Å²) in [6.45, 7) is 8.62. The number of nitrogens with zero attached hydrogens (tertiary/aromatic N) is 3. The number of ether oxygens (including phenoxy) is 1. The fourth-order valence-electron chi connectivity index (χ4n) is 2.12. The van der Waals surface area contributed by atoms with E-state index in [1.165, 1.54) is 0 Å².